The van der Waals surface area contributed by atoms with Crippen molar-refractivity contribution in [2.24, 2.45) is 0 Å². The van der Waals surface area contributed by atoms with Gasteiger partial charge in [-0.1, -0.05) is 12.1 Å². The van der Waals surface area contributed by atoms with E-state index in [1.165, 1.54) is 0 Å². The molecule has 2 heterocycles. The van der Waals surface area contributed by atoms with Gasteiger partial charge in [-0.3, -0.25) is 9.69 Å². The van der Waals surface area contributed by atoms with Gasteiger partial charge < -0.3 is 20.3 Å². The van der Waals surface area contributed by atoms with Gasteiger partial charge in [0.25, 0.3) is 5.91 Å². The Morgan fingerprint density at radius 1 is 1.17 bits per heavy atom. The Labute approximate surface area is 173 Å². The number of rotatable bonds is 7. The molecule has 0 aromatic heterocycles. The van der Waals surface area contributed by atoms with Crippen LogP contribution in [-0.2, 0) is 4.74 Å². The fraction of sp³-hybridized carbons (Fsp3) is 0.636. The molecule has 2 saturated heterocycles. The molecule has 1 aromatic rings. The van der Waals surface area contributed by atoms with Gasteiger partial charge in [0, 0.05) is 50.7 Å². The number of urea groups is 1. The maximum absolute atomic E-state index is 12.6. The second kappa shape index (κ2) is 11.2. The van der Waals surface area contributed by atoms with Crippen molar-refractivity contribution in [1.82, 2.24) is 20.4 Å². The molecule has 0 radical (unpaired) electrons. The lowest BCUT2D eigenvalue weighted by Gasteiger charge is -2.33. The number of carbonyl (C=O) groups excluding carboxylic acids is 2. The molecule has 3 amide bonds. The minimum absolute atomic E-state index is 0.00589. The van der Waals surface area contributed by atoms with Crippen molar-refractivity contribution in [3.8, 4) is 0 Å². The molecule has 3 rings (SSSR count). The highest BCUT2D eigenvalue weighted by atomic mass is 16.5. The molecular formula is C22H34N4O3. The van der Waals surface area contributed by atoms with E-state index in [1.54, 1.807) is 0 Å². The lowest BCUT2D eigenvalue weighted by Crippen LogP contribution is -2.44. The highest BCUT2D eigenvalue weighted by Crippen LogP contribution is 2.27. The molecule has 7 heteroatoms. The van der Waals surface area contributed by atoms with E-state index in [0.29, 0.717) is 25.2 Å². The van der Waals surface area contributed by atoms with Crippen molar-refractivity contribution < 1.29 is 14.3 Å². The average molecular weight is 403 g/mol. The SMILES string of the molecule is CCNC(=O)N1CCC[C@@H](c2cccc(C(=O)NCCCN3CCOCC3)c2)C1. The minimum Gasteiger partial charge on any atom is -0.379 e. The summed E-state index contributed by atoms with van der Waals surface area (Å²) in [5, 5.41) is 5.92. The molecule has 7 nitrogen and oxygen atoms in total. The Hall–Kier alpha value is -2.12. The topological polar surface area (TPSA) is 73.9 Å². The number of nitrogens with one attached hydrogen (secondary N) is 2. The third-order valence-corrected chi connectivity index (χ3v) is 5.70. The van der Waals surface area contributed by atoms with Crippen molar-refractivity contribution in [3.05, 3.63) is 35.4 Å². The molecule has 1 aromatic carbocycles. The lowest BCUT2D eigenvalue weighted by atomic mass is 9.89. The lowest BCUT2D eigenvalue weighted by molar-refractivity contribution is 0.0374. The summed E-state index contributed by atoms with van der Waals surface area (Å²) in [4.78, 5) is 29.0. The van der Waals surface area contributed by atoms with Gasteiger partial charge >= 0.3 is 6.03 Å². The first kappa shape index (κ1) is 21.6. The van der Waals surface area contributed by atoms with Crippen molar-refractivity contribution in [2.75, 3.05) is 59.0 Å². The van der Waals surface area contributed by atoms with E-state index in [9.17, 15) is 9.59 Å². The highest BCUT2D eigenvalue weighted by molar-refractivity contribution is 5.94. The van der Waals surface area contributed by atoms with Crippen LogP contribution in [-0.4, -0.2) is 80.8 Å². The fourth-order valence-electron chi connectivity index (χ4n) is 4.06. The van der Waals surface area contributed by atoms with Gasteiger partial charge in [-0.05, 0) is 50.4 Å². The predicted octanol–water partition coefficient (Wildman–Crippen LogP) is 2.05. The molecular weight excluding hydrogens is 368 g/mol. The van der Waals surface area contributed by atoms with Crippen molar-refractivity contribution >= 4 is 11.9 Å². The summed E-state index contributed by atoms with van der Waals surface area (Å²) < 4.78 is 5.36. The molecule has 0 spiro atoms. The fourth-order valence-corrected chi connectivity index (χ4v) is 4.06. The number of likely N-dealkylation sites (tertiary alicyclic amines) is 1. The minimum atomic E-state index is -0.0229. The Balaban J connectivity index is 1.49. The molecule has 29 heavy (non-hydrogen) atoms. The van der Waals surface area contributed by atoms with E-state index in [4.69, 9.17) is 4.74 Å². The van der Waals surface area contributed by atoms with Crippen molar-refractivity contribution in [2.45, 2.75) is 32.1 Å². The van der Waals surface area contributed by atoms with Gasteiger partial charge in [0.1, 0.15) is 0 Å². The van der Waals surface area contributed by atoms with E-state index >= 15 is 0 Å². The van der Waals surface area contributed by atoms with Crippen LogP contribution >= 0.6 is 0 Å². The van der Waals surface area contributed by atoms with Gasteiger partial charge in [-0.25, -0.2) is 4.79 Å². The molecule has 160 valence electrons. The van der Waals surface area contributed by atoms with Gasteiger partial charge in [0.2, 0.25) is 0 Å². The third kappa shape index (κ3) is 6.44. The van der Waals surface area contributed by atoms with Gasteiger partial charge in [0.15, 0.2) is 0 Å². The van der Waals surface area contributed by atoms with Crippen LogP contribution in [0.1, 0.15) is 48.0 Å². The molecule has 2 N–H and O–H groups in total. The monoisotopic (exact) mass is 402 g/mol. The summed E-state index contributed by atoms with van der Waals surface area (Å²) in [5.41, 5.74) is 1.84. The Kier molecular flexibility index (Phi) is 8.31. The number of hydrogen-bond donors (Lipinski definition) is 2. The summed E-state index contributed by atoms with van der Waals surface area (Å²) >= 11 is 0. The summed E-state index contributed by atoms with van der Waals surface area (Å²) in [6.07, 6.45) is 2.97. The Bertz CT molecular complexity index is 676. The molecule has 2 fully saturated rings. The van der Waals surface area contributed by atoms with Crippen LogP contribution in [0.3, 0.4) is 0 Å². The zero-order valence-electron chi connectivity index (χ0n) is 17.5. The average Bonchev–Trinajstić information content (AvgIpc) is 2.77. The highest BCUT2D eigenvalue weighted by Gasteiger charge is 2.25. The van der Waals surface area contributed by atoms with Crippen LogP contribution in [0.15, 0.2) is 24.3 Å². The van der Waals surface area contributed by atoms with E-state index in [1.807, 2.05) is 30.0 Å². The van der Waals surface area contributed by atoms with E-state index in [2.05, 4.69) is 21.6 Å². The number of ether oxygens (including phenoxy) is 1. The normalized spacial score (nSPS) is 20.3. The number of nitrogens with zero attached hydrogens (tertiary/aromatic N) is 2. The Morgan fingerprint density at radius 3 is 2.79 bits per heavy atom. The predicted molar refractivity (Wildman–Crippen MR) is 113 cm³/mol. The first-order valence-electron chi connectivity index (χ1n) is 10.9. The zero-order valence-corrected chi connectivity index (χ0v) is 17.5. The van der Waals surface area contributed by atoms with Gasteiger partial charge in [-0.15, -0.1) is 0 Å². The largest absolute Gasteiger partial charge is 0.379 e. The summed E-state index contributed by atoms with van der Waals surface area (Å²) in [7, 11) is 0. The molecule has 0 bridgehead atoms. The van der Waals surface area contributed by atoms with Crippen LogP contribution in [0.4, 0.5) is 4.79 Å². The molecule has 0 saturated carbocycles. The number of piperidine rings is 1. The summed E-state index contributed by atoms with van der Waals surface area (Å²) in [6, 6.07) is 7.88. The van der Waals surface area contributed by atoms with Crippen LogP contribution in [0.25, 0.3) is 0 Å². The second-order valence-corrected chi connectivity index (χ2v) is 7.81. The molecule has 0 unspecified atom stereocenters. The smallest absolute Gasteiger partial charge is 0.317 e. The third-order valence-electron chi connectivity index (χ3n) is 5.70. The molecule has 2 aliphatic heterocycles. The van der Waals surface area contributed by atoms with E-state index < -0.39 is 0 Å². The van der Waals surface area contributed by atoms with Gasteiger partial charge in [-0.2, -0.15) is 0 Å². The summed E-state index contributed by atoms with van der Waals surface area (Å²) in [6.45, 7) is 9.30. The second-order valence-electron chi connectivity index (χ2n) is 7.81. The number of amides is 3. The quantitative estimate of drug-likeness (QED) is 0.685. The van der Waals surface area contributed by atoms with Crippen molar-refractivity contribution in [1.29, 1.82) is 0 Å². The number of benzene rings is 1. The number of carbonyl (C=O) groups is 2. The zero-order chi connectivity index (χ0) is 20.5. The van der Waals surface area contributed by atoms with E-state index in [0.717, 1.165) is 64.2 Å². The number of morpholine rings is 1. The summed E-state index contributed by atoms with van der Waals surface area (Å²) in [5.74, 6) is 0.255. The molecule has 1 atom stereocenters. The number of hydrogen-bond acceptors (Lipinski definition) is 4. The first-order valence-corrected chi connectivity index (χ1v) is 10.9. The van der Waals surface area contributed by atoms with Crippen LogP contribution in [0, 0.1) is 0 Å². The van der Waals surface area contributed by atoms with Crippen LogP contribution in [0.2, 0.25) is 0 Å². The van der Waals surface area contributed by atoms with Crippen LogP contribution < -0.4 is 10.6 Å². The molecule has 2 aliphatic rings. The first-order chi connectivity index (χ1) is 14.2. The van der Waals surface area contributed by atoms with Gasteiger partial charge in [0.05, 0.1) is 13.2 Å². The van der Waals surface area contributed by atoms with E-state index in [-0.39, 0.29) is 17.9 Å². The van der Waals surface area contributed by atoms with Crippen molar-refractivity contribution in [3.63, 3.8) is 0 Å². The maximum atomic E-state index is 12.6. The Morgan fingerprint density at radius 2 is 2.00 bits per heavy atom. The van der Waals surface area contributed by atoms with Crippen LogP contribution in [0.5, 0.6) is 0 Å². The maximum Gasteiger partial charge on any atom is 0.317 e. The molecule has 0 aliphatic carbocycles. The standard InChI is InChI=1S/C22H34N4O3/c1-2-23-22(28)26-11-4-8-20(17-26)18-6-3-7-19(16-18)21(27)24-9-5-10-25-12-14-29-15-13-25/h3,6-7,16,20H,2,4-5,8-15,17H2,1H3,(H,23,28)(H,24,27)/t20-/m1/s1.